The van der Waals surface area contributed by atoms with E-state index in [4.69, 9.17) is 5.73 Å². The minimum Gasteiger partial charge on any atom is -0.339 e. The molecule has 126 valence electrons. The van der Waals surface area contributed by atoms with Gasteiger partial charge in [0.2, 0.25) is 11.8 Å². The van der Waals surface area contributed by atoms with E-state index in [-0.39, 0.29) is 36.3 Å². The highest BCUT2D eigenvalue weighted by molar-refractivity contribution is 5.89. The minimum atomic E-state index is -0.290. The third-order valence-electron chi connectivity index (χ3n) is 4.59. The Morgan fingerprint density at radius 1 is 1.13 bits per heavy atom. The highest BCUT2D eigenvalue weighted by Crippen LogP contribution is 2.22. The SMILES string of the molecule is Cl.N[C@@H]1CCN(C(=O)C2CCCN2C(=O)Cc2ccccc2)C1. The highest BCUT2D eigenvalue weighted by atomic mass is 35.5. The summed E-state index contributed by atoms with van der Waals surface area (Å²) in [6.07, 6.45) is 2.89. The fourth-order valence-corrected chi connectivity index (χ4v) is 3.39. The molecule has 2 heterocycles. The smallest absolute Gasteiger partial charge is 0.245 e. The fourth-order valence-electron chi connectivity index (χ4n) is 3.39. The van der Waals surface area contributed by atoms with Gasteiger partial charge in [0.15, 0.2) is 0 Å². The number of carbonyl (C=O) groups excluding carboxylic acids is 2. The summed E-state index contributed by atoms with van der Waals surface area (Å²) in [7, 11) is 0. The number of likely N-dealkylation sites (tertiary alicyclic amines) is 2. The molecule has 0 aromatic heterocycles. The lowest BCUT2D eigenvalue weighted by molar-refractivity contribution is -0.142. The van der Waals surface area contributed by atoms with Crippen LogP contribution in [0.3, 0.4) is 0 Å². The van der Waals surface area contributed by atoms with Gasteiger partial charge < -0.3 is 15.5 Å². The third kappa shape index (κ3) is 4.03. The van der Waals surface area contributed by atoms with Gasteiger partial charge in [-0.05, 0) is 24.8 Å². The molecule has 1 unspecified atom stereocenters. The van der Waals surface area contributed by atoms with Gasteiger partial charge in [-0.1, -0.05) is 30.3 Å². The standard InChI is InChI=1S/C17H23N3O2.ClH/c18-14-8-10-19(12-14)17(22)15-7-4-9-20(15)16(21)11-13-5-2-1-3-6-13;/h1-3,5-6,14-15H,4,7-12,18H2;1H/t14-,15?;/m1./s1. The molecule has 2 atom stereocenters. The van der Waals surface area contributed by atoms with Crippen molar-refractivity contribution in [3.63, 3.8) is 0 Å². The maximum Gasteiger partial charge on any atom is 0.245 e. The van der Waals surface area contributed by atoms with Crippen LogP contribution in [0, 0.1) is 0 Å². The van der Waals surface area contributed by atoms with Crippen molar-refractivity contribution in [1.82, 2.24) is 9.80 Å². The van der Waals surface area contributed by atoms with E-state index in [0.717, 1.165) is 31.4 Å². The van der Waals surface area contributed by atoms with Gasteiger partial charge in [0.25, 0.3) is 0 Å². The van der Waals surface area contributed by atoms with Gasteiger partial charge in [-0.15, -0.1) is 12.4 Å². The second kappa shape index (κ2) is 7.79. The molecule has 0 spiro atoms. The van der Waals surface area contributed by atoms with Gasteiger partial charge in [0.05, 0.1) is 6.42 Å². The zero-order valence-corrected chi connectivity index (χ0v) is 14.0. The maximum absolute atomic E-state index is 12.6. The predicted octanol–water partition coefficient (Wildman–Crippen LogP) is 1.20. The number of nitrogens with zero attached hydrogens (tertiary/aromatic N) is 2. The van der Waals surface area contributed by atoms with Crippen LogP contribution in [-0.2, 0) is 16.0 Å². The van der Waals surface area contributed by atoms with Crippen molar-refractivity contribution in [2.75, 3.05) is 19.6 Å². The average molecular weight is 338 g/mol. The van der Waals surface area contributed by atoms with Gasteiger partial charge in [-0.25, -0.2) is 0 Å². The number of hydrogen-bond donors (Lipinski definition) is 1. The van der Waals surface area contributed by atoms with E-state index in [9.17, 15) is 9.59 Å². The molecule has 0 aliphatic carbocycles. The summed E-state index contributed by atoms with van der Waals surface area (Å²) >= 11 is 0. The molecule has 1 aromatic rings. The molecule has 3 rings (SSSR count). The topological polar surface area (TPSA) is 66.6 Å². The molecule has 2 aliphatic rings. The van der Waals surface area contributed by atoms with E-state index in [2.05, 4.69) is 0 Å². The Morgan fingerprint density at radius 3 is 2.52 bits per heavy atom. The first kappa shape index (κ1) is 17.8. The van der Waals surface area contributed by atoms with Crippen molar-refractivity contribution in [2.45, 2.75) is 37.8 Å². The van der Waals surface area contributed by atoms with Crippen LogP contribution in [0.1, 0.15) is 24.8 Å². The lowest BCUT2D eigenvalue weighted by atomic mass is 10.1. The Labute approximate surface area is 143 Å². The van der Waals surface area contributed by atoms with E-state index in [1.807, 2.05) is 35.2 Å². The zero-order valence-electron chi connectivity index (χ0n) is 13.2. The van der Waals surface area contributed by atoms with Crippen LogP contribution in [0.15, 0.2) is 30.3 Å². The second-order valence-electron chi connectivity index (χ2n) is 6.24. The van der Waals surface area contributed by atoms with Crippen LogP contribution in [-0.4, -0.2) is 53.3 Å². The zero-order chi connectivity index (χ0) is 15.5. The molecule has 0 radical (unpaired) electrons. The molecule has 1 aromatic carbocycles. The van der Waals surface area contributed by atoms with Crippen molar-refractivity contribution >= 4 is 24.2 Å². The normalized spacial score (nSPS) is 23.7. The number of nitrogens with two attached hydrogens (primary N) is 1. The number of amides is 2. The monoisotopic (exact) mass is 337 g/mol. The van der Waals surface area contributed by atoms with E-state index >= 15 is 0 Å². The highest BCUT2D eigenvalue weighted by Gasteiger charge is 2.37. The van der Waals surface area contributed by atoms with E-state index in [0.29, 0.717) is 19.5 Å². The Morgan fingerprint density at radius 2 is 1.87 bits per heavy atom. The summed E-state index contributed by atoms with van der Waals surface area (Å²) in [5.74, 6) is 0.123. The quantitative estimate of drug-likeness (QED) is 0.901. The van der Waals surface area contributed by atoms with Crippen LogP contribution in [0.5, 0.6) is 0 Å². The molecule has 2 amide bonds. The Balaban J connectivity index is 0.00000192. The summed E-state index contributed by atoms with van der Waals surface area (Å²) in [4.78, 5) is 28.8. The minimum absolute atomic E-state index is 0. The predicted molar refractivity (Wildman–Crippen MR) is 91.3 cm³/mol. The Bertz CT molecular complexity index is 552. The van der Waals surface area contributed by atoms with Crippen LogP contribution >= 0.6 is 12.4 Å². The first-order chi connectivity index (χ1) is 10.6. The van der Waals surface area contributed by atoms with Crippen molar-refractivity contribution in [3.8, 4) is 0 Å². The molecule has 0 bridgehead atoms. The summed E-state index contributed by atoms with van der Waals surface area (Å²) in [6.45, 7) is 2.02. The van der Waals surface area contributed by atoms with Gasteiger partial charge in [-0.2, -0.15) is 0 Å². The first-order valence-electron chi connectivity index (χ1n) is 8.03. The van der Waals surface area contributed by atoms with Crippen LogP contribution in [0.25, 0.3) is 0 Å². The van der Waals surface area contributed by atoms with Crippen LogP contribution in [0.4, 0.5) is 0 Å². The summed E-state index contributed by atoms with van der Waals surface area (Å²) in [5, 5.41) is 0. The molecule has 2 saturated heterocycles. The number of halogens is 1. The van der Waals surface area contributed by atoms with Crippen LogP contribution in [0.2, 0.25) is 0 Å². The summed E-state index contributed by atoms with van der Waals surface area (Å²) in [5.41, 5.74) is 6.88. The molecule has 23 heavy (non-hydrogen) atoms. The fraction of sp³-hybridized carbons (Fsp3) is 0.529. The maximum atomic E-state index is 12.6. The van der Waals surface area contributed by atoms with E-state index < -0.39 is 0 Å². The van der Waals surface area contributed by atoms with Crippen molar-refractivity contribution in [2.24, 2.45) is 5.73 Å². The molecule has 2 fully saturated rings. The molecule has 6 heteroatoms. The third-order valence-corrected chi connectivity index (χ3v) is 4.59. The summed E-state index contributed by atoms with van der Waals surface area (Å²) in [6, 6.07) is 9.49. The Kier molecular flexibility index (Phi) is 6.02. The molecular weight excluding hydrogens is 314 g/mol. The van der Waals surface area contributed by atoms with E-state index in [1.54, 1.807) is 4.90 Å². The first-order valence-corrected chi connectivity index (χ1v) is 8.03. The molecule has 5 nitrogen and oxygen atoms in total. The molecular formula is C17H24ClN3O2. The van der Waals surface area contributed by atoms with Gasteiger partial charge in [0.1, 0.15) is 6.04 Å². The number of benzene rings is 1. The van der Waals surface area contributed by atoms with E-state index in [1.165, 1.54) is 0 Å². The number of rotatable bonds is 3. The van der Waals surface area contributed by atoms with Crippen LogP contribution < -0.4 is 5.73 Å². The lowest BCUT2D eigenvalue weighted by Crippen LogP contribution is -2.48. The largest absolute Gasteiger partial charge is 0.339 e. The Hall–Kier alpha value is -1.59. The van der Waals surface area contributed by atoms with Gasteiger partial charge >= 0.3 is 0 Å². The van der Waals surface area contributed by atoms with Crippen molar-refractivity contribution < 1.29 is 9.59 Å². The van der Waals surface area contributed by atoms with Gasteiger partial charge in [-0.3, -0.25) is 9.59 Å². The van der Waals surface area contributed by atoms with Gasteiger partial charge in [0, 0.05) is 25.7 Å². The second-order valence-corrected chi connectivity index (χ2v) is 6.24. The molecule has 0 saturated carbocycles. The number of carbonyl (C=O) groups is 2. The summed E-state index contributed by atoms with van der Waals surface area (Å²) < 4.78 is 0. The van der Waals surface area contributed by atoms with Crippen molar-refractivity contribution in [3.05, 3.63) is 35.9 Å². The molecule has 2 N–H and O–H groups in total. The molecule has 2 aliphatic heterocycles. The number of hydrogen-bond acceptors (Lipinski definition) is 3. The lowest BCUT2D eigenvalue weighted by Gasteiger charge is -2.28. The van der Waals surface area contributed by atoms with Crippen molar-refractivity contribution in [1.29, 1.82) is 0 Å². The average Bonchev–Trinajstić information content (AvgIpc) is 3.16.